The predicted molar refractivity (Wildman–Crippen MR) is 66.3 cm³/mol. The van der Waals surface area contributed by atoms with Crippen molar-refractivity contribution in [3.8, 4) is 12.3 Å². The smallest absolute Gasteiger partial charge is 0.277 e. The van der Waals surface area contributed by atoms with Gasteiger partial charge in [0.15, 0.2) is 0 Å². The highest BCUT2D eigenvalue weighted by Crippen LogP contribution is 2.19. The lowest BCUT2D eigenvalue weighted by Crippen LogP contribution is -2.60. The predicted octanol–water partition coefficient (Wildman–Crippen LogP) is 1.28. The van der Waals surface area contributed by atoms with Gasteiger partial charge >= 0.3 is 6.03 Å². The van der Waals surface area contributed by atoms with Crippen LogP contribution in [0.5, 0.6) is 0 Å². The second kappa shape index (κ2) is 6.20. The average Bonchev–Trinajstić information content (AvgIpc) is 2.33. The first kappa shape index (κ1) is 14.2. The highest BCUT2D eigenvalue weighted by molar-refractivity contribution is 6.16. The van der Waals surface area contributed by atoms with Crippen molar-refractivity contribution in [2.45, 2.75) is 45.6 Å². The quantitative estimate of drug-likeness (QED) is 0.590. The molecule has 0 aromatic carbocycles. The van der Waals surface area contributed by atoms with E-state index in [-0.39, 0.29) is 0 Å². The van der Waals surface area contributed by atoms with E-state index in [9.17, 15) is 14.4 Å². The van der Waals surface area contributed by atoms with E-state index >= 15 is 0 Å². The standard InChI is InChI=1S/C13H18N2O3/c1-4-7-9(6-3)15-12(17)10(8-5-2)11(16)14-13(15)18/h3,9-10H,4-5,7-8H2,1-2H3,(H,14,16,18). The van der Waals surface area contributed by atoms with Crippen molar-refractivity contribution in [2.24, 2.45) is 5.92 Å². The Hall–Kier alpha value is -1.83. The number of rotatable bonds is 5. The molecule has 0 saturated carbocycles. The maximum absolute atomic E-state index is 12.2. The van der Waals surface area contributed by atoms with Crippen LogP contribution in [0.15, 0.2) is 0 Å². The molecule has 1 heterocycles. The largest absolute Gasteiger partial charge is 0.331 e. The number of carbonyl (C=O) groups excluding carboxylic acids is 3. The molecule has 0 radical (unpaired) electrons. The van der Waals surface area contributed by atoms with Gasteiger partial charge in [-0.3, -0.25) is 14.9 Å². The Bertz CT molecular complexity index is 398. The van der Waals surface area contributed by atoms with Gasteiger partial charge in [-0.15, -0.1) is 6.42 Å². The van der Waals surface area contributed by atoms with Crippen LogP contribution in [0, 0.1) is 18.3 Å². The van der Waals surface area contributed by atoms with Gasteiger partial charge in [0, 0.05) is 0 Å². The number of terminal acetylenes is 1. The fourth-order valence-corrected chi connectivity index (χ4v) is 2.03. The molecule has 2 unspecified atom stereocenters. The topological polar surface area (TPSA) is 66.5 Å². The van der Waals surface area contributed by atoms with Crippen LogP contribution < -0.4 is 5.32 Å². The van der Waals surface area contributed by atoms with E-state index in [1.54, 1.807) is 0 Å². The van der Waals surface area contributed by atoms with Gasteiger partial charge in [0.05, 0.1) is 0 Å². The zero-order chi connectivity index (χ0) is 13.7. The molecule has 0 spiro atoms. The first-order valence-electron chi connectivity index (χ1n) is 6.20. The van der Waals surface area contributed by atoms with Gasteiger partial charge in [0.2, 0.25) is 11.8 Å². The molecule has 0 bridgehead atoms. The minimum Gasteiger partial charge on any atom is -0.277 e. The van der Waals surface area contributed by atoms with Crippen LogP contribution in [0.1, 0.15) is 39.5 Å². The maximum Gasteiger partial charge on any atom is 0.331 e. The zero-order valence-electron chi connectivity index (χ0n) is 10.7. The van der Waals surface area contributed by atoms with Gasteiger partial charge in [0.1, 0.15) is 12.0 Å². The first-order valence-corrected chi connectivity index (χ1v) is 6.20. The van der Waals surface area contributed by atoms with Gasteiger partial charge in [-0.1, -0.05) is 32.6 Å². The monoisotopic (exact) mass is 250 g/mol. The van der Waals surface area contributed by atoms with E-state index < -0.39 is 29.8 Å². The van der Waals surface area contributed by atoms with E-state index in [0.29, 0.717) is 19.3 Å². The molecule has 1 aliphatic rings. The normalized spacial score (nSPS) is 21.5. The number of amides is 4. The number of carbonyl (C=O) groups is 3. The maximum atomic E-state index is 12.2. The molecule has 5 nitrogen and oxygen atoms in total. The van der Waals surface area contributed by atoms with E-state index in [1.807, 2.05) is 13.8 Å². The van der Waals surface area contributed by atoms with Crippen molar-refractivity contribution in [3.63, 3.8) is 0 Å². The molecule has 4 amide bonds. The summed E-state index contributed by atoms with van der Waals surface area (Å²) in [4.78, 5) is 36.5. The number of urea groups is 1. The summed E-state index contributed by atoms with van der Waals surface area (Å²) in [5.74, 6) is 0.664. The Kier molecular flexibility index (Phi) is 4.90. The van der Waals surface area contributed by atoms with Gasteiger partial charge in [-0.2, -0.15) is 0 Å². The Morgan fingerprint density at radius 3 is 2.50 bits per heavy atom. The summed E-state index contributed by atoms with van der Waals surface area (Å²) in [6.07, 6.45) is 7.79. The summed E-state index contributed by atoms with van der Waals surface area (Å²) in [5, 5.41) is 2.20. The third kappa shape index (κ3) is 2.70. The van der Waals surface area contributed by atoms with Crippen molar-refractivity contribution in [1.82, 2.24) is 10.2 Å². The van der Waals surface area contributed by atoms with Crippen molar-refractivity contribution < 1.29 is 14.4 Å². The highest BCUT2D eigenvalue weighted by atomic mass is 16.2. The second-order valence-corrected chi connectivity index (χ2v) is 4.32. The van der Waals surface area contributed by atoms with Crippen LogP contribution in [-0.2, 0) is 9.59 Å². The SMILES string of the molecule is C#CC(CCC)N1C(=O)NC(=O)C(CCC)C1=O. The van der Waals surface area contributed by atoms with E-state index in [4.69, 9.17) is 6.42 Å². The van der Waals surface area contributed by atoms with Crippen LogP contribution >= 0.6 is 0 Å². The molecule has 5 heteroatoms. The van der Waals surface area contributed by atoms with E-state index in [2.05, 4.69) is 11.2 Å². The molecular formula is C13H18N2O3. The number of hydrogen-bond donors (Lipinski definition) is 1. The number of barbiturate groups is 1. The van der Waals surface area contributed by atoms with Crippen molar-refractivity contribution in [3.05, 3.63) is 0 Å². The van der Waals surface area contributed by atoms with Crippen molar-refractivity contribution >= 4 is 17.8 Å². The lowest BCUT2D eigenvalue weighted by molar-refractivity contribution is -0.143. The molecule has 1 aliphatic heterocycles. The lowest BCUT2D eigenvalue weighted by Gasteiger charge is -2.33. The number of nitrogens with one attached hydrogen (secondary N) is 1. The van der Waals surface area contributed by atoms with Crippen LogP contribution in [0.25, 0.3) is 0 Å². The third-order valence-electron chi connectivity index (χ3n) is 2.94. The molecule has 2 atom stereocenters. The summed E-state index contributed by atoms with van der Waals surface area (Å²) in [6.45, 7) is 3.80. The van der Waals surface area contributed by atoms with E-state index in [0.717, 1.165) is 11.3 Å². The third-order valence-corrected chi connectivity index (χ3v) is 2.94. The minimum absolute atomic E-state index is 0.428. The molecule has 98 valence electrons. The molecule has 1 rings (SSSR count). The van der Waals surface area contributed by atoms with E-state index in [1.165, 1.54) is 0 Å². The molecule has 0 aromatic heterocycles. The summed E-state index contributed by atoms with van der Waals surface area (Å²) in [7, 11) is 0. The minimum atomic E-state index is -0.791. The summed E-state index contributed by atoms with van der Waals surface area (Å²) < 4.78 is 0. The first-order chi connectivity index (χ1) is 8.56. The zero-order valence-corrected chi connectivity index (χ0v) is 10.7. The highest BCUT2D eigenvalue weighted by Gasteiger charge is 2.42. The summed E-state index contributed by atoms with van der Waals surface area (Å²) in [5.41, 5.74) is 0. The molecule has 1 fully saturated rings. The molecule has 0 aliphatic carbocycles. The number of hydrogen-bond acceptors (Lipinski definition) is 3. The van der Waals surface area contributed by atoms with Gasteiger partial charge in [0.25, 0.3) is 0 Å². The Labute approximate surface area is 107 Å². The molecule has 0 aromatic rings. The Morgan fingerprint density at radius 1 is 1.33 bits per heavy atom. The summed E-state index contributed by atoms with van der Waals surface area (Å²) in [6, 6.07) is -1.27. The van der Waals surface area contributed by atoms with Crippen LogP contribution in [0.2, 0.25) is 0 Å². The van der Waals surface area contributed by atoms with Gasteiger partial charge in [-0.05, 0) is 12.8 Å². The lowest BCUT2D eigenvalue weighted by atomic mass is 9.97. The Morgan fingerprint density at radius 2 is 2.00 bits per heavy atom. The fraction of sp³-hybridized carbons (Fsp3) is 0.615. The average molecular weight is 250 g/mol. The van der Waals surface area contributed by atoms with Crippen LogP contribution in [-0.4, -0.2) is 28.8 Å². The molecule has 1 N–H and O–H groups in total. The molecule has 18 heavy (non-hydrogen) atoms. The molecular weight excluding hydrogens is 232 g/mol. The number of imide groups is 2. The summed E-state index contributed by atoms with van der Waals surface area (Å²) >= 11 is 0. The fourth-order valence-electron chi connectivity index (χ4n) is 2.03. The van der Waals surface area contributed by atoms with Gasteiger partial charge in [-0.25, -0.2) is 9.69 Å². The van der Waals surface area contributed by atoms with Crippen LogP contribution in [0.4, 0.5) is 4.79 Å². The molecule has 1 saturated heterocycles. The van der Waals surface area contributed by atoms with Crippen LogP contribution in [0.3, 0.4) is 0 Å². The Balaban J connectivity index is 2.96. The van der Waals surface area contributed by atoms with Gasteiger partial charge < -0.3 is 0 Å². The second-order valence-electron chi connectivity index (χ2n) is 4.32. The van der Waals surface area contributed by atoms with Crippen molar-refractivity contribution in [2.75, 3.05) is 0 Å². The number of nitrogens with zero attached hydrogens (tertiary/aromatic N) is 1. The van der Waals surface area contributed by atoms with Crippen molar-refractivity contribution in [1.29, 1.82) is 0 Å².